The largest absolute Gasteiger partial charge is 0.316 e. The van der Waals surface area contributed by atoms with E-state index in [4.69, 9.17) is 16.9 Å². The fourth-order valence-electron chi connectivity index (χ4n) is 3.03. The van der Waals surface area contributed by atoms with E-state index >= 15 is 0 Å². The molecule has 1 aromatic heterocycles. The minimum Gasteiger partial charge on any atom is -0.316 e. The second-order valence-corrected chi connectivity index (χ2v) is 6.38. The third kappa shape index (κ3) is 3.26. The lowest BCUT2D eigenvalue weighted by atomic mass is 10.0. The number of allylic oxidation sites excluding steroid dienone is 1. The van der Waals surface area contributed by atoms with Gasteiger partial charge in [-0.2, -0.15) is 10.5 Å². The molecule has 0 atom stereocenters. The zero-order chi connectivity index (χ0) is 18.7. The second kappa shape index (κ2) is 7.31. The summed E-state index contributed by atoms with van der Waals surface area (Å²) in [6.07, 6.45) is 1.85. The quantitative estimate of drug-likeness (QED) is 0.566. The molecule has 0 bridgehead atoms. The fraction of sp³-hybridized carbons (Fsp3) is 0.0909. The van der Waals surface area contributed by atoms with Gasteiger partial charge in [0.25, 0.3) is 0 Å². The molecule has 3 nitrogen and oxygen atoms in total. The van der Waals surface area contributed by atoms with Crippen LogP contribution in [0, 0.1) is 36.5 Å². The lowest BCUT2D eigenvalue weighted by Crippen LogP contribution is -1.99. The van der Waals surface area contributed by atoms with Gasteiger partial charge in [0.15, 0.2) is 0 Å². The molecule has 0 aliphatic rings. The van der Waals surface area contributed by atoms with Crippen LogP contribution in [0.15, 0.2) is 54.6 Å². The molecular weight excluding hydrogens is 342 g/mol. The van der Waals surface area contributed by atoms with E-state index in [9.17, 15) is 5.26 Å². The lowest BCUT2D eigenvalue weighted by molar-refractivity contribution is 0.965. The van der Waals surface area contributed by atoms with Crippen molar-refractivity contribution in [2.75, 3.05) is 0 Å². The first kappa shape index (κ1) is 17.5. The molecule has 4 heteroatoms. The summed E-state index contributed by atoms with van der Waals surface area (Å²) in [5.41, 5.74) is 5.67. The Labute approximate surface area is 158 Å². The Hall–Kier alpha value is -3.27. The van der Waals surface area contributed by atoms with Crippen molar-refractivity contribution in [2.24, 2.45) is 0 Å². The number of para-hydroxylation sites is 1. The number of nitrogens with zero attached hydrogens (tertiary/aromatic N) is 3. The smallest absolute Gasteiger partial charge is 0.0998 e. The summed E-state index contributed by atoms with van der Waals surface area (Å²) >= 11 is 6.36. The third-order valence-corrected chi connectivity index (χ3v) is 4.61. The third-order valence-electron chi connectivity index (χ3n) is 4.29. The van der Waals surface area contributed by atoms with Crippen LogP contribution in [0.3, 0.4) is 0 Å². The number of hydrogen-bond donors (Lipinski definition) is 0. The monoisotopic (exact) mass is 357 g/mol. The minimum absolute atomic E-state index is 0.515. The van der Waals surface area contributed by atoms with Gasteiger partial charge in [0.2, 0.25) is 0 Å². The second-order valence-electron chi connectivity index (χ2n) is 5.98. The number of nitriles is 2. The van der Waals surface area contributed by atoms with Gasteiger partial charge in [-0.05, 0) is 61.4 Å². The highest BCUT2D eigenvalue weighted by Gasteiger charge is 2.13. The Morgan fingerprint density at radius 2 is 1.81 bits per heavy atom. The highest BCUT2D eigenvalue weighted by atomic mass is 35.5. The molecule has 0 spiro atoms. The summed E-state index contributed by atoms with van der Waals surface area (Å²) in [6.45, 7) is 4.01. The van der Waals surface area contributed by atoms with Crippen LogP contribution in [-0.4, -0.2) is 4.57 Å². The Morgan fingerprint density at radius 3 is 2.50 bits per heavy atom. The molecule has 26 heavy (non-hydrogen) atoms. The van der Waals surface area contributed by atoms with Crippen molar-refractivity contribution < 1.29 is 0 Å². The molecule has 0 unspecified atom stereocenters. The summed E-state index contributed by atoms with van der Waals surface area (Å²) < 4.78 is 2.08. The standard InChI is InChI=1S/C22H16ClN3/c1-15-10-19(16(2)26(15)22-9-4-3-8-21(22)23)12-20(14-25)18-7-5-6-17(11-18)13-24/h3-12H,1-2H3/b20-12-. The summed E-state index contributed by atoms with van der Waals surface area (Å²) in [5, 5.41) is 19.4. The average Bonchev–Trinajstić information content (AvgIpc) is 2.93. The predicted molar refractivity (Wildman–Crippen MR) is 105 cm³/mol. The summed E-state index contributed by atoms with van der Waals surface area (Å²) in [5.74, 6) is 0. The number of halogens is 1. The highest BCUT2D eigenvalue weighted by molar-refractivity contribution is 6.32. The zero-order valence-corrected chi connectivity index (χ0v) is 15.2. The van der Waals surface area contributed by atoms with Crippen LogP contribution in [0.1, 0.15) is 28.1 Å². The molecule has 0 saturated heterocycles. The SMILES string of the molecule is Cc1cc(/C=C(/C#N)c2cccc(C#N)c2)c(C)n1-c1ccccc1Cl. The molecule has 0 amide bonds. The first-order valence-corrected chi connectivity index (χ1v) is 8.49. The van der Waals surface area contributed by atoms with E-state index in [0.29, 0.717) is 16.2 Å². The van der Waals surface area contributed by atoms with Gasteiger partial charge in [-0.1, -0.05) is 35.9 Å². The predicted octanol–water partition coefficient (Wildman–Crippen LogP) is 5.68. The van der Waals surface area contributed by atoms with Crippen LogP contribution in [0.4, 0.5) is 0 Å². The molecule has 3 rings (SSSR count). The first-order chi connectivity index (χ1) is 12.5. The summed E-state index contributed by atoms with van der Waals surface area (Å²) in [4.78, 5) is 0. The molecule has 0 radical (unpaired) electrons. The van der Waals surface area contributed by atoms with E-state index in [0.717, 1.165) is 28.2 Å². The van der Waals surface area contributed by atoms with E-state index in [1.807, 2.05) is 56.3 Å². The Kier molecular flexibility index (Phi) is 4.94. The van der Waals surface area contributed by atoms with Gasteiger partial charge >= 0.3 is 0 Å². The van der Waals surface area contributed by atoms with Crippen molar-refractivity contribution >= 4 is 23.3 Å². The number of aromatic nitrogens is 1. The molecule has 3 aromatic rings. The molecule has 0 fully saturated rings. The van der Waals surface area contributed by atoms with E-state index < -0.39 is 0 Å². The first-order valence-electron chi connectivity index (χ1n) is 8.11. The molecular formula is C22H16ClN3. The lowest BCUT2D eigenvalue weighted by Gasteiger charge is -2.11. The van der Waals surface area contributed by atoms with Crippen LogP contribution < -0.4 is 0 Å². The maximum atomic E-state index is 9.60. The van der Waals surface area contributed by atoms with Gasteiger partial charge in [0.05, 0.1) is 34.0 Å². The van der Waals surface area contributed by atoms with Gasteiger partial charge in [-0.25, -0.2) is 0 Å². The van der Waals surface area contributed by atoms with Crippen molar-refractivity contribution in [3.05, 3.63) is 87.7 Å². The van der Waals surface area contributed by atoms with Crippen LogP contribution >= 0.6 is 11.6 Å². The Balaban J connectivity index is 2.12. The number of hydrogen-bond acceptors (Lipinski definition) is 2. The molecule has 0 aliphatic heterocycles. The van der Waals surface area contributed by atoms with Gasteiger partial charge in [-0.3, -0.25) is 0 Å². The average molecular weight is 358 g/mol. The van der Waals surface area contributed by atoms with Gasteiger partial charge < -0.3 is 4.57 Å². The molecule has 0 aliphatic carbocycles. The normalized spacial score (nSPS) is 11.0. The maximum absolute atomic E-state index is 9.60. The maximum Gasteiger partial charge on any atom is 0.0998 e. The van der Waals surface area contributed by atoms with Crippen molar-refractivity contribution in [1.82, 2.24) is 4.57 Å². The van der Waals surface area contributed by atoms with Crippen molar-refractivity contribution in [1.29, 1.82) is 10.5 Å². The number of rotatable bonds is 3. The summed E-state index contributed by atoms with van der Waals surface area (Å²) in [6, 6.07) is 21.1. The van der Waals surface area contributed by atoms with Crippen LogP contribution in [0.5, 0.6) is 0 Å². The zero-order valence-electron chi connectivity index (χ0n) is 14.5. The topological polar surface area (TPSA) is 52.5 Å². The van der Waals surface area contributed by atoms with E-state index in [1.54, 1.807) is 18.2 Å². The van der Waals surface area contributed by atoms with E-state index in [2.05, 4.69) is 16.7 Å². The van der Waals surface area contributed by atoms with Crippen molar-refractivity contribution in [3.8, 4) is 17.8 Å². The van der Waals surface area contributed by atoms with Gasteiger partial charge in [-0.15, -0.1) is 0 Å². The van der Waals surface area contributed by atoms with E-state index in [1.165, 1.54) is 0 Å². The molecule has 0 saturated carbocycles. The van der Waals surface area contributed by atoms with Crippen LogP contribution in [0.2, 0.25) is 5.02 Å². The highest BCUT2D eigenvalue weighted by Crippen LogP contribution is 2.28. The Morgan fingerprint density at radius 1 is 1.04 bits per heavy atom. The summed E-state index contributed by atoms with van der Waals surface area (Å²) in [7, 11) is 0. The van der Waals surface area contributed by atoms with Gasteiger partial charge in [0.1, 0.15) is 0 Å². The van der Waals surface area contributed by atoms with E-state index in [-0.39, 0.29) is 0 Å². The Bertz CT molecular complexity index is 1090. The number of benzene rings is 2. The fourth-order valence-corrected chi connectivity index (χ4v) is 3.25. The van der Waals surface area contributed by atoms with Crippen LogP contribution in [-0.2, 0) is 0 Å². The molecule has 0 N–H and O–H groups in total. The minimum atomic E-state index is 0.515. The van der Waals surface area contributed by atoms with Crippen molar-refractivity contribution in [3.63, 3.8) is 0 Å². The van der Waals surface area contributed by atoms with Crippen molar-refractivity contribution in [2.45, 2.75) is 13.8 Å². The molecule has 2 aromatic carbocycles. The number of aryl methyl sites for hydroxylation is 1. The van der Waals surface area contributed by atoms with Crippen LogP contribution in [0.25, 0.3) is 17.3 Å². The van der Waals surface area contributed by atoms with Gasteiger partial charge in [0, 0.05) is 11.4 Å². The molecule has 1 heterocycles. The molecule has 126 valence electrons.